The summed E-state index contributed by atoms with van der Waals surface area (Å²) in [6, 6.07) is 19.8. The zero-order chi connectivity index (χ0) is 20.9. The number of hydrogen-bond donors (Lipinski definition) is 0. The summed E-state index contributed by atoms with van der Waals surface area (Å²) in [4.78, 5) is 5.30. The number of allylic oxidation sites excluding steroid dienone is 1. The molecule has 3 rings (SSSR count). The lowest BCUT2D eigenvalue weighted by Crippen LogP contribution is -2.45. The third kappa shape index (κ3) is 7.79. The maximum atomic E-state index is 5.30. The Bertz CT molecular complexity index is 835. The summed E-state index contributed by atoms with van der Waals surface area (Å²) in [5, 5.41) is 0. The van der Waals surface area contributed by atoms with E-state index in [9.17, 15) is 0 Å². The molecule has 0 saturated heterocycles. The van der Waals surface area contributed by atoms with E-state index < -0.39 is 0 Å². The summed E-state index contributed by atoms with van der Waals surface area (Å²) in [5.74, 6) is 1.79. The quantitative estimate of drug-likeness (QED) is 0.334. The van der Waals surface area contributed by atoms with E-state index in [4.69, 9.17) is 11.6 Å². The number of nitrogens with zero attached hydrogens (tertiary/aromatic N) is 2. The van der Waals surface area contributed by atoms with Gasteiger partial charge in [0.05, 0.1) is 6.33 Å². The lowest BCUT2D eigenvalue weighted by molar-refractivity contribution is 0.821. The molecule has 0 N–H and O–H groups in total. The zero-order valence-corrected chi connectivity index (χ0v) is 19.1. The highest BCUT2D eigenvalue weighted by molar-refractivity contribution is 7.99. The van der Waals surface area contributed by atoms with Gasteiger partial charge in [0.1, 0.15) is 0 Å². The van der Waals surface area contributed by atoms with Crippen LogP contribution in [0.2, 0.25) is 5.82 Å². The fraction of sp³-hybridized carbons (Fsp3) is 0.292. The van der Waals surface area contributed by atoms with Crippen molar-refractivity contribution >= 4 is 41.0 Å². The molecule has 0 aliphatic heterocycles. The van der Waals surface area contributed by atoms with Crippen LogP contribution in [0.3, 0.4) is 0 Å². The van der Waals surface area contributed by atoms with Gasteiger partial charge in [0.2, 0.25) is 6.71 Å². The van der Waals surface area contributed by atoms with E-state index in [1.165, 1.54) is 33.5 Å². The Morgan fingerprint density at radius 3 is 2.45 bits per heavy atom. The first-order valence-electron chi connectivity index (χ1n) is 10.1. The van der Waals surface area contributed by atoms with Gasteiger partial charge in [-0.3, -0.25) is 0 Å². The average Bonchev–Trinajstić information content (AvgIpc) is 3.26. The molecular weight excluding hydrogens is 395 g/mol. The van der Waals surface area contributed by atoms with Crippen LogP contribution in [0.25, 0.3) is 0 Å². The summed E-state index contributed by atoms with van der Waals surface area (Å²) in [6.07, 6.45) is 8.44. The maximum Gasteiger partial charge on any atom is 0.213 e. The van der Waals surface area contributed by atoms with Gasteiger partial charge in [0, 0.05) is 29.4 Å². The molecular formula is C24H30BClN2S. The van der Waals surface area contributed by atoms with E-state index in [0.717, 1.165) is 6.54 Å². The van der Waals surface area contributed by atoms with Crippen molar-refractivity contribution in [3.63, 3.8) is 0 Å². The first-order chi connectivity index (χ1) is 14.2. The van der Waals surface area contributed by atoms with Gasteiger partial charge in [-0.25, -0.2) is 4.98 Å². The van der Waals surface area contributed by atoms with Gasteiger partial charge in [-0.2, -0.15) is 0 Å². The van der Waals surface area contributed by atoms with Crippen LogP contribution in [0, 0.1) is 0 Å². The monoisotopic (exact) mass is 424 g/mol. The Labute approximate surface area is 185 Å². The van der Waals surface area contributed by atoms with E-state index >= 15 is 0 Å². The first kappa shape index (κ1) is 23.4. The summed E-state index contributed by atoms with van der Waals surface area (Å²) < 4.78 is 1.93. The summed E-state index contributed by atoms with van der Waals surface area (Å²) >= 11 is 7.29. The zero-order valence-electron chi connectivity index (χ0n) is 17.5. The molecule has 0 unspecified atom stereocenters. The van der Waals surface area contributed by atoms with Crippen molar-refractivity contribution in [1.82, 2.24) is 9.55 Å². The van der Waals surface area contributed by atoms with Crippen LogP contribution in [-0.4, -0.2) is 22.0 Å². The summed E-state index contributed by atoms with van der Waals surface area (Å²) in [5.41, 5.74) is 4.40. The molecule has 152 valence electrons. The minimum atomic E-state index is 0.483. The third-order valence-corrected chi connectivity index (χ3v) is 5.98. The molecule has 0 bridgehead atoms. The highest BCUT2D eigenvalue weighted by atomic mass is 35.5. The highest BCUT2D eigenvalue weighted by Gasteiger charge is 2.24. The fourth-order valence-electron chi connectivity index (χ4n) is 3.22. The topological polar surface area (TPSA) is 17.8 Å². The van der Waals surface area contributed by atoms with Crippen molar-refractivity contribution in [2.24, 2.45) is 0 Å². The molecule has 0 radical (unpaired) electrons. The number of imidazole rings is 1. The van der Waals surface area contributed by atoms with Crippen molar-refractivity contribution in [2.75, 3.05) is 5.75 Å². The molecule has 1 aromatic heterocycles. The predicted molar refractivity (Wildman–Crippen MR) is 131 cm³/mol. The molecule has 0 spiro atoms. The van der Waals surface area contributed by atoms with Gasteiger partial charge in [0.15, 0.2) is 0 Å². The predicted octanol–water partition coefficient (Wildman–Crippen LogP) is 5.84. The molecule has 0 fully saturated rings. The second kappa shape index (κ2) is 13.3. The Morgan fingerprint density at radius 1 is 1.10 bits per heavy atom. The van der Waals surface area contributed by atoms with E-state index in [1.807, 2.05) is 28.6 Å². The Kier molecular flexibility index (Phi) is 10.8. The van der Waals surface area contributed by atoms with Crippen molar-refractivity contribution in [2.45, 2.75) is 44.4 Å². The van der Waals surface area contributed by atoms with E-state index in [-0.39, 0.29) is 0 Å². The molecule has 0 saturated carbocycles. The number of benzene rings is 2. The number of rotatable bonds is 8. The maximum absolute atomic E-state index is 5.30. The summed E-state index contributed by atoms with van der Waals surface area (Å²) in [7, 11) is 0. The third-order valence-electron chi connectivity index (χ3n) is 4.51. The minimum absolute atomic E-state index is 0.483. The van der Waals surface area contributed by atoms with Crippen LogP contribution in [-0.2, 0) is 6.54 Å². The minimum Gasteiger partial charge on any atom is -0.334 e. The molecule has 0 atom stereocenters. The number of halogens is 1. The molecule has 5 heteroatoms. The van der Waals surface area contributed by atoms with E-state index in [2.05, 4.69) is 80.4 Å². The molecule has 2 nitrogen and oxygen atoms in total. The first-order valence-corrected chi connectivity index (χ1v) is 11.6. The van der Waals surface area contributed by atoms with Crippen LogP contribution in [0.4, 0.5) is 0 Å². The molecule has 2 aromatic carbocycles. The van der Waals surface area contributed by atoms with Gasteiger partial charge in [-0.15, -0.1) is 11.8 Å². The number of aromatic nitrogens is 2. The molecule has 0 aliphatic carbocycles. The largest absolute Gasteiger partial charge is 0.334 e. The van der Waals surface area contributed by atoms with Gasteiger partial charge < -0.3 is 4.57 Å². The van der Waals surface area contributed by atoms with Crippen LogP contribution >= 0.6 is 23.4 Å². The van der Waals surface area contributed by atoms with Crippen LogP contribution in [0.5, 0.6) is 0 Å². The second-order valence-corrected chi connectivity index (χ2v) is 8.53. The molecule has 29 heavy (non-hydrogen) atoms. The van der Waals surface area contributed by atoms with Gasteiger partial charge in [0.25, 0.3) is 0 Å². The van der Waals surface area contributed by atoms with Gasteiger partial charge in [-0.1, -0.05) is 104 Å². The Balaban J connectivity index is 0.000000278. The summed E-state index contributed by atoms with van der Waals surface area (Å²) in [6.45, 7) is 8.16. The highest BCUT2D eigenvalue weighted by Crippen LogP contribution is 2.20. The normalized spacial score (nSPS) is 10.8. The van der Waals surface area contributed by atoms with Crippen LogP contribution in [0.1, 0.15) is 27.2 Å². The lowest BCUT2D eigenvalue weighted by atomic mass is 9.34. The lowest BCUT2D eigenvalue weighted by Gasteiger charge is -2.21. The van der Waals surface area contributed by atoms with Crippen molar-refractivity contribution in [3.05, 3.63) is 84.9 Å². The van der Waals surface area contributed by atoms with Crippen LogP contribution in [0.15, 0.2) is 89.8 Å². The standard InChI is InChI=1S/C18H23BS.C6H7ClN2/c1-4-14-20-18-13-9-8-12-17(18)19(15(2)3)16-10-6-5-7-11-16;7-2-1-4-9-5-3-8-6-9/h5-13,15H,4,14H2,1-3H3;1-3,5-6H,4H2. The van der Waals surface area contributed by atoms with Crippen LogP contribution < -0.4 is 10.9 Å². The Hall–Kier alpha value is -1.91. The molecule has 3 aromatic rings. The van der Waals surface area contributed by atoms with Gasteiger partial charge in [-0.05, 0) is 18.2 Å². The van der Waals surface area contributed by atoms with Gasteiger partial charge >= 0.3 is 0 Å². The fourth-order valence-corrected chi connectivity index (χ4v) is 4.26. The van der Waals surface area contributed by atoms with E-state index in [1.54, 1.807) is 12.5 Å². The average molecular weight is 425 g/mol. The number of thioether (sulfide) groups is 1. The molecule has 0 aliphatic rings. The van der Waals surface area contributed by atoms with Crippen molar-refractivity contribution in [1.29, 1.82) is 0 Å². The number of hydrogen-bond acceptors (Lipinski definition) is 2. The molecule has 0 amide bonds. The van der Waals surface area contributed by atoms with Crippen molar-refractivity contribution in [3.8, 4) is 0 Å². The smallest absolute Gasteiger partial charge is 0.213 e. The molecule has 1 heterocycles. The SMILES string of the molecule is CCCSc1ccccc1B(c1ccccc1)C(C)C.ClC=CCn1ccnc1. The Morgan fingerprint density at radius 2 is 1.83 bits per heavy atom. The second-order valence-electron chi connectivity index (χ2n) is 7.14. The van der Waals surface area contributed by atoms with E-state index in [0.29, 0.717) is 12.5 Å². The van der Waals surface area contributed by atoms with Crippen molar-refractivity contribution < 1.29 is 0 Å².